The van der Waals surface area contributed by atoms with Crippen LogP contribution in [0.5, 0.6) is 0 Å². The molecule has 0 aromatic carbocycles. The van der Waals surface area contributed by atoms with Crippen molar-refractivity contribution in [1.29, 1.82) is 0 Å². The molecule has 2 fully saturated rings. The van der Waals surface area contributed by atoms with Gasteiger partial charge in [-0.05, 0) is 12.8 Å². The molecule has 1 aromatic heterocycles. The van der Waals surface area contributed by atoms with E-state index in [0.717, 1.165) is 37.7 Å². The van der Waals surface area contributed by atoms with Gasteiger partial charge in [-0.3, -0.25) is 4.90 Å². The molecular formula is C16H26N2O3. The smallest absolute Gasteiger partial charge is 0.150 e. The highest BCUT2D eigenvalue weighted by Gasteiger charge is 2.22. The van der Waals surface area contributed by atoms with Gasteiger partial charge in [-0.25, -0.2) is 0 Å². The van der Waals surface area contributed by atoms with Gasteiger partial charge in [-0.15, -0.1) is 0 Å². The second-order valence-electron chi connectivity index (χ2n) is 6.41. The number of nitrogens with zero attached hydrogens (tertiary/aromatic N) is 2. The van der Waals surface area contributed by atoms with Crippen molar-refractivity contribution in [1.82, 2.24) is 10.1 Å². The fourth-order valence-corrected chi connectivity index (χ4v) is 3.42. The molecule has 1 saturated carbocycles. The molecular weight excluding hydrogens is 268 g/mol. The van der Waals surface area contributed by atoms with Gasteiger partial charge < -0.3 is 14.4 Å². The van der Waals surface area contributed by atoms with Crippen LogP contribution in [-0.2, 0) is 11.3 Å². The van der Waals surface area contributed by atoms with Crippen LogP contribution in [0.1, 0.15) is 49.5 Å². The Morgan fingerprint density at radius 2 is 2.14 bits per heavy atom. The van der Waals surface area contributed by atoms with E-state index in [9.17, 15) is 5.11 Å². The number of rotatable bonds is 4. The standard InChI is InChI=1S/C16H26N2O3/c19-11-13-9-18(6-7-20-12-13)10-15-8-16(17-21-15)14-4-2-1-3-5-14/h8,13-14,19H,1-7,9-12H2/t13-/m1/s1. The van der Waals surface area contributed by atoms with Crippen LogP contribution >= 0.6 is 0 Å². The second-order valence-corrected chi connectivity index (χ2v) is 6.41. The summed E-state index contributed by atoms with van der Waals surface area (Å²) in [4.78, 5) is 2.29. The minimum atomic E-state index is 0.181. The Kier molecular flexibility index (Phi) is 5.27. The van der Waals surface area contributed by atoms with E-state index in [-0.39, 0.29) is 12.5 Å². The van der Waals surface area contributed by atoms with Crippen molar-refractivity contribution in [2.24, 2.45) is 5.92 Å². The van der Waals surface area contributed by atoms with E-state index in [0.29, 0.717) is 12.5 Å². The third-order valence-electron chi connectivity index (χ3n) is 4.66. The van der Waals surface area contributed by atoms with E-state index < -0.39 is 0 Å². The third-order valence-corrected chi connectivity index (χ3v) is 4.66. The summed E-state index contributed by atoms with van der Waals surface area (Å²) in [5.41, 5.74) is 1.13. The lowest BCUT2D eigenvalue weighted by atomic mass is 9.87. The first kappa shape index (κ1) is 15.0. The number of ether oxygens (including phenoxy) is 1. The summed E-state index contributed by atoms with van der Waals surface area (Å²) in [5.74, 6) is 1.73. The van der Waals surface area contributed by atoms with Crippen molar-refractivity contribution in [3.8, 4) is 0 Å². The second kappa shape index (κ2) is 7.38. The number of aliphatic hydroxyl groups excluding tert-OH is 1. The van der Waals surface area contributed by atoms with Gasteiger partial charge in [0.2, 0.25) is 0 Å². The molecule has 5 nitrogen and oxygen atoms in total. The van der Waals surface area contributed by atoms with Crippen LogP contribution in [-0.4, -0.2) is 48.1 Å². The molecule has 0 amide bonds. The summed E-state index contributed by atoms with van der Waals surface area (Å²) in [6, 6.07) is 2.13. The van der Waals surface area contributed by atoms with Crippen molar-refractivity contribution in [2.45, 2.75) is 44.6 Å². The molecule has 21 heavy (non-hydrogen) atoms. The lowest BCUT2D eigenvalue weighted by Crippen LogP contribution is -2.30. The summed E-state index contributed by atoms with van der Waals surface area (Å²) >= 11 is 0. The average Bonchev–Trinajstić information content (AvgIpc) is 2.87. The summed E-state index contributed by atoms with van der Waals surface area (Å²) in [5, 5.41) is 13.6. The molecule has 1 aromatic rings. The van der Waals surface area contributed by atoms with Crippen molar-refractivity contribution in [2.75, 3.05) is 32.9 Å². The van der Waals surface area contributed by atoms with E-state index in [1.165, 1.54) is 32.1 Å². The number of hydrogen-bond donors (Lipinski definition) is 1. The molecule has 5 heteroatoms. The van der Waals surface area contributed by atoms with E-state index in [1.54, 1.807) is 0 Å². The van der Waals surface area contributed by atoms with Crippen LogP contribution in [0.4, 0.5) is 0 Å². The van der Waals surface area contributed by atoms with Crippen LogP contribution in [0, 0.1) is 5.92 Å². The monoisotopic (exact) mass is 294 g/mol. The quantitative estimate of drug-likeness (QED) is 0.922. The molecule has 0 unspecified atom stereocenters. The van der Waals surface area contributed by atoms with Crippen molar-refractivity contribution < 1.29 is 14.4 Å². The van der Waals surface area contributed by atoms with Gasteiger partial charge in [0.1, 0.15) is 0 Å². The lowest BCUT2D eigenvalue weighted by Gasteiger charge is -2.20. The number of aromatic nitrogens is 1. The van der Waals surface area contributed by atoms with E-state index in [2.05, 4.69) is 16.1 Å². The van der Waals surface area contributed by atoms with E-state index in [4.69, 9.17) is 9.26 Å². The highest BCUT2D eigenvalue weighted by atomic mass is 16.5. The number of hydrogen-bond acceptors (Lipinski definition) is 5. The highest BCUT2D eigenvalue weighted by Crippen LogP contribution is 2.32. The molecule has 1 aliphatic carbocycles. The Balaban J connectivity index is 1.58. The molecule has 1 saturated heterocycles. The lowest BCUT2D eigenvalue weighted by molar-refractivity contribution is 0.0957. The average molecular weight is 294 g/mol. The first-order valence-corrected chi connectivity index (χ1v) is 8.21. The van der Waals surface area contributed by atoms with Gasteiger partial charge in [0.25, 0.3) is 0 Å². The minimum absolute atomic E-state index is 0.181. The van der Waals surface area contributed by atoms with Gasteiger partial charge >= 0.3 is 0 Å². The molecule has 1 atom stereocenters. The Bertz CT molecular complexity index is 429. The zero-order valence-electron chi connectivity index (χ0n) is 12.7. The van der Waals surface area contributed by atoms with E-state index >= 15 is 0 Å². The molecule has 0 bridgehead atoms. The van der Waals surface area contributed by atoms with Crippen LogP contribution in [0.3, 0.4) is 0 Å². The van der Waals surface area contributed by atoms with Crippen LogP contribution < -0.4 is 0 Å². The van der Waals surface area contributed by atoms with Gasteiger partial charge in [0, 0.05) is 37.6 Å². The molecule has 2 heterocycles. The predicted octanol–water partition coefficient (Wildman–Crippen LogP) is 2.16. The third kappa shape index (κ3) is 4.05. The maximum absolute atomic E-state index is 9.33. The maximum atomic E-state index is 9.33. The Hall–Kier alpha value is -0.910. The van der Waals surface area contributed by atoms with Crippen LogP contribution in [0.25, 0.3) is 0 Å². The summed E-state index contributed by atoms with van der Waals surface area (Å²) < 4.78 is 11.1. The SMILES string of the molecule is OC[C@@H]1COCCN(Cc2cc(C3CCCCC3)no2)C1. The molecule has 118 valence electrons. The van der Waals surface area contributed by atoms with Gasteiger partial charge in [-0.1, -0.05) is 24.4 Å². The molecule has 2 aliphatic rings. The Labute approximate surface area is 126 Å². The zero-order chi connectivity index (χ0) is 14.5. The molecule has 0 spiro atoms. The van der Waals surface area contributed by atoms with E-state index in [1.807, 2.05) is 0 Å². The topological polar surface area (TPSA) is 58.7 Å². The molecule has 1 N–H and O–H groups in total. The Morgan fingerprint density at radius 1 is 1.29 bits per heavy atom. The summed E-state index contributed by atoms with van der Waals surface area (Å²) in [7, 11) is 0. The fraction of sp³-hybridized carbons (Fsp3) is 0.812. The van der Waals surface area contributed by atoms with Gasteiger partial charge in [0.05, 0.1) is 25.5 Å². The molecule has 1 aliphatic heterocycles. The zero-order valence-corrected chi connectivity index (χ0v) is 12.7. The first-order chi connectivity index (χ1) is 10.3. The van der Waals surface area contributed by atoms with Crippen molar-refractivity contribution >= 4 is 0 Å². The first-order valence-electron chi connectivity index (χ1n) is 8.21. The van der Waals surface area contributed by atoms with Gasteiger partial charge in [0.15, 0.2) is 5.76 Å². The van der Waals surface area contributed by atoms with Gasteiger partial charge in [-0.2, -0.15) is 0 Å². The number of aliphatic hydroxyl groups is 1. The van der Waals surface area contributed by atoms with Crippen LogP contribution in [0.15, 0.2) is 10.6 Å². The largest absolute Gasteiger partial charge is 0.396 e. The Morgan fingerprint density at radius 3 is 2.95 bits per heavy atom. The highest BCUT2D eigenvalue weighted by molar-refractivity contribution is 5.11. The normalized spacial score (nSPS) is 25.9. The summed E-state index contributed by atoms with van der Waals surface area (Å²) in [6.45, 7) is 4.06. The van der Waals surface area contributed by atoms with Crippen LogP contribution in [0.2, 0.25) is 0 Å². The van der Waals surface area contributed by atoms with Crippen molar-refractivity contribution in [3.63, 3.8) is 0 Å². The fourth-order valence-electron chi connectivity index (χ4n) is 3.42. The van der Waals surface area contributed by atoms with Crippen molar-refractivity contribution in [3.05, 3.63) is 17.5 Å². The molecule has 3 rings (SSSR count). The molecule has 0 radical (unpaired) electrons. The predicted molar refractivity (Wildman–Crippen MR) is 79.0 cm³/mol. The summed E-state index contributed by atoms with van der Waals surface area (Å²) in [6.07, 6.45) is 6.48. The maximum Gasteiger partial charge on any atom is 0.150 e. The minimum Gasteiger partial charge on any atom is -0.396 e.